The molecule has 1 aromatic heterocycles. The van der Waals surface area contributed by atoms with Crippen LogP contribution in [0.2, 0.25) is 0 Å². The van der Waals surface area contributed by atoms with Crippen molar-refractivity contribution in [3.63, 3.8) is 0 Å². The molecule has 1 heterocycles. The van der Waals surface area contributed by atoms with E-state index in [0.717, 1.165) is 12.1 Å². The summed E-state index contributed by atoms with van der Waals surface area (Å²) in [6, 6.07) is 0. The highest BCUT2D eigenvalue weighted by molar-refractivity contribution is 5.23. The van der Waals surface area contributed by atoms with E-state index in [4.69, 9.17) is 5.84 Å². The van der Waals surface area contributed by atoms with Crippen molar-refractivity contribution in [2.45, 2.75) is 13.3 Å². The standard InChI is InChI=1S/C5H10N4/c1-2-4-3-7-5(8-4)9-6/h3H,2,6H2,1H3,(H2,7,8,9). The molecule has 0 radical (unpaired) electrons. The number of imidazole rings is 1. The van der Waals surface area contributed by atoms with Crippen LogP contribution in [0, 0.1) is 0 Å². The molecule has 0 aromatic carbocycles. The first-order chi connectivity index (χ1) is 4.36. The molecule has 0 spiro atoms. The molecule has 0 aliphatic heterocycles. The van der Waals surface area contributed by atoms with Gasteiger partial charge >= 0.3 is 0 Å². The van der Waals surface area contributed by atoms with E-state index in [1.807, 2.05) is 6.92 Å². The smallest absolute Gasteiger partial charge is 0.214 e. The van der Waals surface area contributed by atoms with Gasteiger partial charge in [-0.1, -0.05) is 6.92 Å². The number of hydrogen-bond donors (Lipinski definition) is 3. The normalized spacial score (nSPS) is 9.56. The molecule has 50 valence electrons. The van der Waals surface area contributed by atoms with Gasteiger partial charge in [0.2, 0.25) is 5.95 Å². The summed E-state index contributed by atoms with van der Waals surface area (Å²) in [7, 11) is 0. The van der Waals surface area contributed by atoms with Gasteiger partial charge in [0.1, 0.15) is 0 Å². The fourth-order valence-electron chi connectivity index (χ4n) is 0.612. The summed E-state index contributed by atoms with van der Waals surface area (Å²) in [6.07, 6.45) is 2.71. The number of aromatic amines is 1. The number of aromatic nitrogens is 2. The highest BCUT2D eigenvalue weighted by Gasteiger charge is 1.92. The number of nitrogen functional groups attached to an aromatic ring is 1. The molecular weight excluding hydrogens is 116 g/mol. The lowest BCUT2D eigenvalue weighted by molar-refractivity contribution is 1.06. The van der Waals surface area contributed by atoms with Gasteiger partial charge < -0.3 is 4.98 Å². The van der Waals surface area contributed by atoms with Crippen LogP contribution >= 0.6 is 0 Å². The van der Waals surface area contributed by atoms with Crippen molar-refractivity contribution in [1.29, 1.82) is 0 Å². The van der Waals surface area contributed by atoms with Crippen LogP contribution in [0.4, 0.5) is 5.95 Å². The summed E-state index contributed by atoms with van der Waals surface area (Å²) >= 11 is 0. The van der Waals surface area contributed by atoms with Crippen molar-refractivity contribution >= 4 is 5.95 Å². The van der Waals surface area contributed by atoms with Crippen LogP contribution in [-0.2, 0) is 6.42 Å². The largest absolute Gasteiger partial charge is 0.327 e. The third kappa shape index (κ3) is 1.20. The Labute approximate surface area is 53.4 Å². The first-order valence-electron chi connectivity index (χ1n) is 2.87. The maximum absolute atomic E-state index is 5.07. The Bertz CT molecular complexity index is 162. The predicted octanol–water partition coefficient (Wildman–Crippen LogP) is 0.258. The molecule has 4 nitrogen and oxygen atoms in total. The lowest BCUT2D eigenvalue weighted by Gasteiger charge is -1.89. The Morgan fingerprint density at radius 3 is 3.00 bits per heavy atom. The van der Waals surface area contributed by atoms with Gasteiger partial charge in [-0.25, -0.2) is 10.8 Å². The molecule has 0 saturated carbocycles. The maximum atomic E-state index is 5.07. The number of hydrazine groups is 1. The molecule has 9 heavy (non-hydrogen) atoms. The van der Waals surface area contributed by atoms with Gasteiger partial charge in [0, 0.05) is 5.69 Å². The van der Waals surface area contributed by atoms with Crippen LogP contribution in [0.5, 0.6) is 0 Å². The summed E-state index contributed by atoms with van der Waals surface area (Å²) in [5, 5.41) is 0. The third-order valence-electron chi connectivity index (χ3n) is 1.15. The Morgan fingerprint density at radius 2 is 2.67 bits per heavy atom. The molecule has 0 unspecified atom stereocenters. The van der Waals surface area contributed by atoms with Crippen molar-refractivity contribution in [2.75, 3.05) is 5.43 Å². The zero-order chi connectivity index (χ0) is 6.69. The van der Waals surface area contributed by atoms with Crippen LogP contribution < -0.4 is 11.3 Å². The Morgan fingerprint density at radius 1 is 1.89 bits per heavy atom. The van der Waals surface area contributed by atoms with Crippen molar-refractivity contribution < 1.29 is 0 Å². The number of H-pyrrole nitrogens is 1. The van der Waals surface area contributed by atoms with Crippen molar-refractivity contribution in [2.24, 2.45) is 5.84 Å². The third-order valence-corrected chi connectivity index (χ3v) is 1.15. The zero-order valence-electron chi connectivity index (χ0n) is 5.31. The monoisotopic (exact) mass is 126 g/mol. The molecule has 0 aliphatic carbocycles. The topological polar surface area (TPSA) is 66.7 Å². The van der Waals surface area contributed by atoms with Crippen molar-refractivity contribution in [3.05, 3.63) is 11.9 Å². The summed E-state index contributed by atoms with van der Waals surface area (Å²) in [5.74, 6) is 5.69. The second-order valence-corrected chi connectivity index (χ2v) is 1.75. The van der Waals surface area contributed by atoms with Crippen molar-refractivity contribution in [3.8, 4) is 0 Å². The lowest BCUT2D eigenvalue weighted by Crippen LogP contribution is -2.07. The number of aryl methyl sites for hydroxylation is 1. The average Bonchev–Trinajstić information content (AvgIpc) is 2.34. The first kappa shape index (κ1) is 6.10. The molecule has 0 aliphatic rings. The van der Waals surface area contributed by atoms with E-state index >= 15 is 0 Å². The molecule has 0 saturated heterocycles. The molecule has 1 aromatic rings. The summed E-state index contributed by atoms with van der Waals surface area (Å²) in [6.45, 7) is 2.05. The number of nitrogens with two attached hydrogens (primary N) is 1. The fraction of sp³-hybridized carbons (Fsp3) is 0.400. The summed E-state index contributed by atoms with van der Waals surface area (Å²) in [5.41, 5.74) is 3.50. The number of rotatable bonds is 2. The second kappa shape index (κ2) is 2.50. The summed E-state index contributed by atoms with van der Waals surface area (Å²) < 4.78 is 0. The number of anilines is 1. The van der Waals surface area contributed by atoms with E-state index in [1.165, 1.54) is 0 Å². The van der Waals surface area contributed by atoms with Gasteiger partial charge in [0.15, 0.2) is 0 Å². The molecular formula is C5H10N4. The Balaban J connectivity index is 2.74. The van der Waals surface area contributed by atoms with E-state index in [-0.39, 0.29) is 0 Å². The highest BCUT2D eigenvalue weighted by atomic mass is 15.3. The zero-order valence-corrected chi connectivity index (χ0v) is 5.31. The van der Waals surface area contributed by atoms with Gasteiger partial charge in [0.05, 0.1) is 6.20 Å². The molecule has 1 rings (SSSR count). The first-order valence-corrected chi connectivity index (χ1v) is 2.87. The maximum Gasteiger partial charge on any atom is 0.214 e. The molecule has 0 amide bonds. The minimum atomic E-state index is 0.617. The highest BCUT2D eigenvalue weighted by Crippen LogP contribution is 1.99. The minimum absolute atomic E-state index is 0.617. The van der Waals surface area contributed by atoms with E-state index in [9.17, 15) is 0 Å². The molecule has 0 fully saturated rings. The van der Waals surface area contributed by atoms with Crippen LogP contribution in [0.15, 0.2) is 6.20 Å². The van der Waals surface area contributed by atoms with Crippen LogP contribution in [0.25, 0.3) is 0 Å². The second-order valence-electron chi connectivity index (χ2n) is 1.75. The molecule has 0 bridgehead atoms. The van der Waals surface area contributed by atoms with Crippen LogP contribution in [0.3, 0.4) is 0 Å². The van der Waals surface area contributed by atoms with Gasteiger partial charge in [-0.2, -0.15) is 0 Å². The van der Waals surface area contributed by atoms with Gasteiger partial charge in [0.25, 0.3) is 0 Å². The average molecular weight is 126 g/mol. The number of nitrogens with one attached hydrogen (secondary N) is 2. The van der Waals surface area contributed by atoms with E-state index in [2.05, 4.69) is 15.4 Å². The van der Waals surface area contributed by atoms with Gasteiger partial charge in [-0.15, -0.1) is 0 Å². The number of hydrogen-bond acceptors (Lipinski definition) is 3. The van der Waals surface area contributed by atoms with Gasteiger partial charge in [-0.05, 0) is 6.42 Å². The number of nitrogens with zero attached hydrogens (tertiary/aromatic N) is 1. The fourth-order valence-corrected chi connectivity index (χ4v) is 0.612. The van der Waals surface area contributed by atoms with E-state index in [0.29, 0.717) is 5.95 Å². The predicted molar refractivity (Wildman–Crippen MR) is 35.8 cm³/mol. The van der Waals surface area contributed by atoms with Crippen LogP contribution in [-0.4, -0.2) is 9.97 Å². The van der Waals surface area contributed by atoms with Crippen molar-refractivity contribution in [1.82, 2.24) is 9.97 Å². The van der Waals surface area contributed by atoms with Crippen LogP contribution in [0.1, 0.15) is 12.6 Å². The Hall–Kier alpha value is -1.03. The summed E-state index contributed by atoms with van der Waals surface area (Å²) in [4.78, 5) is 6.88. The van der Waals surface area contributed by atoms with Gasteiger partial charge in [-0.3, -0.25) is 5.43 Å². The Kier molecular flexibility index (Phi) is 1.69. The SMILES string of the molecule is CCc1cnc(NN)[nH]1. The lowest BCUT2D eigenvalue weighted by atomic mass is 10.4. The quantitative estimate of drug-likeness (QED) is 0.393. The minimum Gasteiger partial charge on any atom is -0.327 e. The van der Waals surface area contributed by atoms with E-state index in [1.54, 1.807) is 6.20 Å². The van der Waals surface area contributed by atoms with E-state index < -0.39 is 0 Å². The molecule has 4 heteroatoms. The molecule has 0 atom stereocenters. The molecule has 4 N–H and O–H groups in total.